The average Bonchev–Trinajstić information content (AvgIpc) is 3.12. The Hall–Kier alpha value is -1.40. The molecule has 6 nitrogen and oxygen atoms in total. The highest BCUT2D eigenvalue weighted by Crippen LogP contribution is 2.20. The molecular formula is C12H17N3O3. The lowest BCUT2D eigenvalue weighted by Gasteiger charge is -2.08. The Kier molecular flexibility index (Phi) is 3.29. The molecule has 2 fully saturated rings. The van der Waals surface area contributed by atoms with Crippen LogP contribution in [0.3, 0.4) is 0 Å². The second kappa shape index (κ2) is 5.07. The highest BCUT2D eigenvalue weighted by Gasteiger charge is 2.24. The van der Waals surface area contributed by atoms with Gasteiger partial charge in [-0.25, -0.2) is 0 Å². The van der Waals surface area contributed by atoms with E-state index in [1.807, 2.05) is 10.9 Å². The lowest BCUT2D eigenvalue weighted by molar-refractivity contribution is -0.119. The molecule has 18 heavy (non-hydrogen) atoms. The van der Waals surface area contributed by atoms with Crippen LogP contribution in [0.1, 0.15) is 18.9 Å². The molecule has 0 bridgehead atoms. The highest BCUT2D eigenvalue weighted by atomic mass is 16.5. The second-order valence-corrected chi connectivity index (χ2v) is 4.78. The summed E-state index contributed by atoms with van der Waals surface area (Å²) < 4.78 is 12.4. The van der Waals surface area contributed by atoms with Gasteiger partial charge in [-0.1, -0.05) is 0 Å². The third kappa shape index (κ3) is 2.39. The molecule has 1 aromatic heterocycles. The molecule has 1 N–H and O–H groups in total. The predicted molar refractivity (Wildman–Crippen MR) is 64.3 cm³/mol. The smallest absolute Gasteiger partial charge is 0.229 e. The minimum atomic E-state index is -0.0248. The van der Waals surface area contributed by atoms with Gasteiger partial charge in [-0.05, 0) is 12.8 Å². The lowest BCUT2D eigenvalue weighted by atomic mass is 10.1. The van der Waals surface area contributed by atoms with Crippen molar-refractivity contribution in [2.75, 3.05) is 31.7 Å². The van der Waals surface area contributed by atoms with Crippen molar-refractivity contribution < 1.29 is 14.3 Å². The molecule has 2 unspecified atom stereocenters. The van der Waals surface area contributed by atoms with Crippen LogP contribution in [0.25, 0.3) is 0 Å². The Morgan fingerprint density at radius 2 is 2.17 bits per heavy atom. The number of hydrogen-bond acceptors (Lipinski definition) is 4. The van der Waals surface area contributed by atoms with Crippen LogP contribution in [0.4, 0.5) is 5.69 Å². The normalized spacial score (nSPS) is 27.6. The zero-order chi connectivity index (χ0) is 12.4. The largest absolute Gasteiger partial charge is 0.381 e. The Bertz CT molecular complexity index is 420. The van der Waals surface area contributed by atoms with E-state index in [9.17, 15) is 4.79 Å². The zero-order valence-corrected chi connectivity index (χ0v) is 10.2. The quantitative estimate of drug-likeness (QED) is 0.863. The van der Waals surface area contributed by atoms with E-state index in [0.717, 1.165) is 25.1 Å². The molecule has 2 saturated heterocycles. The summed E-state index contributed by atoms with van der Waals surface area (Å²) in [5, 5.41) is 7.15. The molecule has 2 aliphatic heterocycles. The van der Waals surface area contributed by atoms with Gasteiger partial charge in [0.1, 0.15) is 0 Å². The Labute approximate surface area is 105 Å². The second-order valence-electron chi connectivity index (χ2n) is 4.78. The van der Waals surface area contributed by atoms with E-state index in [0.29, 0.717) is 25.9 Å². The summed E-state index contributed by atoms with van der Waals surface area (Å²) in [5.74, 6) is -0.00196. The molecule has 0 radical (unpaired) electrons. The summed E-state index contributed by atoms with van der Waals surface area (Å²) in [6, 6.07) is 0.297. The molecule has 1 amide bonds. The Morgan fingerprint density at radius 1 is 1.33 bits per heavy atom. The van der Waals surface area contributed by atoms with Gasteiger partial charge in [-0.3, -0.25) is 9.48 Å². The van der Waals surface area contributed by atoms with Gasteiger partial charge >= 0.3 is 0 Å². The first-order valence-corrected chi connectivity index (χ1v) is 6.33. The summed E-state index contributed by atoms with van der Waals surface area (Å²) in [7, 11) is 0. The van der Waals surface area contributed by atoms with Gasteiger partial charge in [0.25, 0.3) is 0 Å². The zero-order valence-electron chi connectivity index (χ0n) is 10.2. The SMILES string of the molecule is O=C(Nc1cnn(C2CCOC2)c1)C1CCOC1. The van der Waals surface area contributed by atoms with Crippen LogP contribution in [0, 0.1) is 5.92 Å². The molecule has 1 aromatic rings. The van der Waals surface area contributed by atoms with E-state index >= 15 is 0 Å². The first-order chi connectivity index (χ1) is 8.83. The minimum absolute atomic E-state index is 0.0229. The van der Waals surface area contributed by atoms with Gasteiger partial charge < -0.3 is 14.8 Å². The third-order valence-electron chi connectivity index (χ3n) is 3.45. The molecule has 3 heterocycles. The number of ether oxygens (including phenoxy) is 2. The number of anilines is 1. The number of carbonyl (C=O) groups is 1. The fraction of sp³-hybridized carbons (Fsp3) is 0.667. The van der Waals surface area contributed by atoms with Crippen LogP contribution >= 0.6 is 0 Å². The van der Waals surface area contributed by atoms with Gasteiger partial charge in [0.05, 0.1) is 37.1 Å². The van der Waals surface area contributed by atoms with Crippen LogP contribution in [0.15, 0.2) is 12.4 Å². The van der Waals surface area contributed by atoms with Gasteiger partial charge in [0, 0.05) is 19.4 Å². The van der Waals surface area contributed by atoms with E-state index in [4.69, 9.17) is 9.47 Å². The van der Waals surface area contributed by atoms with Crippen LogP contribution in [0.2, 0.25) is 0 Å². The van der Waals surface area contributed by atoms with E-state index in [1.165, 1.54) is 0 Å². The number of aromatic nitrogens is 2. The van der Waals surface area contributed by atoms with Gasteiger partial charge in [0.2, 0.25) is 5.91 Å². The summed E-state index contributed by atoms with van der Waals surface area (Å²) >= 11 is 0. The maximum absolute atomic E-state index is 11.9. The highest BCUT2D eigenvalue weighted by molar-refractivity contribution is 5.92. The first-order valence-electron chi connectivity index (χ1n) is 6.33. The number of nitrogens with zero attached hydrogens (tertiary/aromatic N) is 2. The number of nitrogens with one attached hydrogen (secondary N) is 1. The number of hydrogen-bond donors (Lipinski definition) is 1. The molecule has 0 aliphatic carbocycles. The van der Waals surface area contributed by atoms with Gasteiger partial charge in [0.15, 0.2) is 0 Å². The molecule has 0 aromatic carbocycles. The summed E-state index contributed by atoms with van der Waals surface area (Å²) in [6.07, 6.45) is 5.33. The molecule has 3 rings (SSSR count). The van der Waals surface area contributed by atoms with Gasteiger partial charge in [-0.15, -0.1) is 0 Å². The molecule has 0 saturated carbocycles. The molecule has 98 valence electrons. The summed E-state index contributed by atoms with van der Waals surface area (Å²) in [5.41, 5.74) is 0.749. The van der Waals surface area contributed by atoms with E-state index in [2.05, 4.69) is 10.4 Å². The van der Waals surface area contributed by atoms with Crippen LogP contribution in [0.5, 0.6) is 0 Å². The number of amides is 1. The summed E-state index contributed by atoms with van der Waals surface area (Å²) in [4.78, 5) is 11.9. The monoisotopic (exact) mass is 251 g/mol. The van der Waals surface area contributed by atoms with Crippen LogP contribution in [-0.4, -0.2) is 42.1 Å². The Balaban J connectivity index is 1.60. The fourth-order valence-corrected chi connectivity index (χ4v) is 2.32. The van der Waals surface area contributed by atoms with Crippen LogP contribution in [-0.2, 0) is 14.3 Å². The van der Waals surface area contributed by atoms with Crippen LogP contribution < -0.4 is 5.32 Å². The third-order valence-corrected chi connectivity index (χ3v) is 3.45. The number of rotatable bonds is 3. The molecular weight excluding hydrogens is 234 g/mol. The maximum Gasteiger partial charge on any atom is 0.229 e. The van der Waals surface area contributed by atoms with Crippen molar-refractivity contribution in [2.45, 2.75) is 18.9 Å². The van der Waals surface area contributed by atoms with E-state index < -0.39 is 0 Å². The first kappa shape index (κ1) is 11.7. The van der Waals surface area contributed by atoms with Crippen molar-refractivity contribution in [1.29, 1.82) is 0 Å². The van der Waals surface area contributed by atoms with Crippen molar-refractivity contribution in [3.05, 3.63) is 12.4 Å². The Morgan fingerprint density at radius 3 is 2.89 bits per heavy atom. The minimum Gasteiger partial charge on any atom is -0.381 e. The lowest BCUT2D eigenvalue weighted by Crippen LogP contribution is -2.22. The molecule has 0 spiro atoms. The standard InChI is InChI=1S/C12H17N3O3/c16-12(9-1-3-17-7-9)14-10-5-13-15(6-10)11-2-4-18-8-11/h5-6,9,11H,1-4,7-8H2,(H,14,16). The van der Waals surface area contributed by atoms with E-state index in [1.54, 1.807) is 6.20 Å². The summed E-state index contributed by atoms with van der Waals surface area (Å²) in [6.45, 7) is 2.68. The van der Waals surface area contributed by atoms with Crippen molar-refractivity contribution in [1.82, 2.24) is 9.78 Å². The number of carbonyl (C=O) groups excluding carboxylic acids is 1. The molecule has 2 aliphatic rings. The predicted octanol–water partition coefficient (Wildman–Crippen LogP) is 0.819. The average molecular weight is 251 g/mol. The van der Waals surface area contributed by atoms with Crippen molar-refractivity contribution in [3.63, 3.8) is 0 Å². The molecule has 2 atom stereocenters. The van der Waals surface area contributed by atoms with Gasteiger partial charge in [-0.2, -0.15) is 5.10 Å². The van der Waals surface area contributed by atoms with Crippen molar-refractivity contribution in [3.8, 4) is 0 Å². The maximum atomic E-state index is 11.9. The topological polar surface area (TPSA) is 65.4 Å². The van der Waals surface area contributed by atoms with E-state index in [-0.39, 0.29) is 11.8 Å². The van der Waals surface area contributed by atoms with Crippen molar-refractivity contribution >= 4 is 11.6 Å². The molecule has 6 heteroatoms. The van der Waals surface area contributed by atoms with Crippen molar-refractivity contribution in [2.24, 2.45) is 5.92 Å². The fourth-order valence-electron chi connectivity index (χ4n) is 2.32.